The van der Waals surface area contributed by atoms with Gasteiger partial charge in [0, 0.05) is 45.3 Å². The van der Waals surface area contributed by atoms with Crippen molar-refractivity contribution in [2.24, 2.45) is 0 Å². The van der Waals surface area contributed by atoms with Crippen LogP contribution in [-0.2, 0) is 4.79 Å². The Morgan fingerprint density at radius 1 is 1.21 bits per heavy atom. The van der Waals surface area contributed by atoms with Gasteiger partial charge in [0.15, 0.2) is 5.82 Å². The minimum absolute atomic E-state index is 0.0361. The van der Waals surface area contributed by atoms with E-state index < -0.39 is 0 Å². The van der Waals surface area contributed by atoms with E-state index in [9.17, 15) is 9.59 Å². The Bertz CT molecular complexity index is 600. The van der Waals surface area contributed by atoms with Crippen LogP contribution in [0.4, 0.5) is 16.3 Å². The molecule has 2 fully saturated rings. The van der Waals surface area contributed by atoms with Crippen LogP contribution >= 0.6 is 0 Å². The molecule has 1 atom stereocenters. The first-order valence-electron chi connectivity index (χ1n) is 8.66. The van der Waals surface area contributed by atoms with Crippen molar-refractivity contribution >= 4 is 23.4 Å². The minimum atomic E-state index is -0.126. The van der Waals surface area contributed by atoms with Crippen LogP contribution in [0.5, 0.6) is 0 Å². The lowest BCUT2D eigenvalue weighted by Gasteiger charge is -2.33. The molecule has 0 radical (unpaired) electrons. The topological polar surface area (TPSA) is 77.6 Å². The molecule has 0 aromatic carbocycles. The second-order valence-corrected chi connectivity index (χ2v) is 6.48. The van der Waals surface area contributed by atoms with Gasteiger partial charge in [-0.15, -0.1) is 0 Å². The Hall–Kier alpha value is -2.31. The van der Waals surface area contributed by atoms with Crippen LogP contribution in [0.3, 0.4) is 0 Å². The molecule has 0 unspecified atom stereocenters. The second-order valence-electron chi connectivity index (χ2n) is 6.48. The first-order chi connectivity index (χ1) is 11.6. The van der Waals surface area contributed by atoms with Crippen molar-refractivity contribution in [2.45, 2.75) is 38.6 Å². The number of carbonyl (C=O) groups is 2. The van der Waals surface area contributed by atoms with E-state index in [2.05, 4.69) is 20.5 Å². The Labute approximate surface area is 142 Å². The fourth-order valence-electron chi connectivity index (χ4n) is 3.44. The van der Waals surface area contributed by atoms with Crippen LogP contribution in [0, 0.1) is 0 Å². The summed E-state index contributed by atoms with van der Waals surface area (Å²) in [6.07, 6.45) is 5.89. The van der Waals surface area contributed by atoms with Gasteiger partial charge in [0.25, 0.3) is 0 Å². The van der Waals surface area contributed by atoms with Crippen molar-refractivity contribution in [3.63, 3.8) is 0 Å². The van der Waals surface area contributed by atoms with Gasteiger partial charge in [-0.25, -0.2) is 9.78 Å². The normalized spacial score (nSPS) is 20.8. The molecule has 3 rings (SSSR count). The molecule has 0 saturated carbocycles. The van der Waals surface area contributed by atoms with Crippen molar-refractivity contribution in [1.29, 1.82) is 0 Å². The molecule has 7 nitrogen and oxygen atoms in total. The minimum Gasteiger partial charge on any atom is -0.355 e. The molecular formula is C17H25N5O2. The maximum atomic E-state index is 12.6. The molecular weight excluding hydrogens is 306 g/mol. The number of urea groups is 1. The van der Waals surface area contributed by atoms with E-state index in [1.54, 1.807) is 11.1 Å². The Morgan fingerprint density at radius 2 is 2.00 bits per heavy atom. The van der Waals surface area contributed by atoms with Gasteiger partial charge in [-0.05, 0) is 37.8 Å². The zero-order valence-corrected chi connectivity index (χ0v) is 14.1. The number of hydrogen-bond acceptors (Lipinski definition) is 4. The monoisotopic (exact) mass is 331 g/mol. The SMILES string of the molecule is CC(=O)N[C@@H]1CCCN(C(=O)Nc2cccnc2N2CCCC2)C1. The molecule has 0 aliphatic carbocycles. The predicted molar refractivity (Wildman–Crippen MR) is 93.1 cm³/mol. The number of likely N-dealkylation sites (tertiary alicyclic amines) is 1. The summed E-state index contributed by atoms with van der Waals surface area (Å²) in [5.74, 6) is 0.796. The van der Waals surface area contributed by atoms with Gasteiger partial charge < -0.3 is 20.4 Å². The van der Waals surface area contributed by atoms with Crippen LogP contribution < -0.4 is 15.5 Å². The van der Waals surface area contributed by atoms with Crippen molar-refractivity contribution < 1.29 is 9.59 Å². The Kier molecular flexibility index (Phi) is 5.17. The number of anilines is 2. The molecule has 2 N–H and O–H groups in total. The highest BCUT2D eigenvalue weighted by molar-refractivity contribution is 5.92. The Morgan fingerprint density at radius 3 is 2.75 bits per heavy atom. The van der Waals surface area contributed by atoms with Gasteiger partial charge in [-0.3, -0.25) is 4.79 Å². The van der Waals surface area contributed by atoms with Crippen LogP contribution in [0.1, 0.15) is 32.6 Å². The fourth-order valence-corrected chi connectivity index (χ4v) is 3.44. The molecule has 130 valence electrons. The molecule has 0 spiro atoms. The average molecular weight is 331 g/mol. The van der Waals surface area contributed by atoms with Crippen molar-refractivity contribution in [3.05, 3.63) is 18.3 Å². The summed E-state index contributed by atoms with van der Waals surface area (Å²) in [5, 5.41) is 5.91. The summed E-state index contributed by atoms with van der Waals surface area (Å²) in [4.78, 5) is 32.3. The molecule has 2 aliphatic rings. The predicted octanol–water partition coefficient (Wildman–Crippen LogP) is 1.81. The summed E-state index contributed by atoms with van der Waals surface area (Å²) in [6.45, 7) is 4.73. The highest BCUT2D eigenvalue weighted by Crippen LogP contribution is 2.26. The summed E-state index contributed by atoms with van der Waals surface area (Å²) in [6, 6.07) is 3.65. The maximum Gasteiger partial charge on any atom is 0.322 e. The average Bonchev–Trinajstić information content (AvgIpc) is 3.09. The third-order valence-electron chi connectivity index (χ3n) is 4.55. The fraction of sp³-hybridized carbons (Fsp3) is 0.588. The molecule has 1 aromatic heterocycles. The van der Waals surface area contributed by atoms with Gasteiger partial charge in [0.1, 0.15) is 0 Å². The number of aromatic nitrogens is 1. The third-order valence-corrected chi connectivity index (χ3v) is 4.55. The quantitative estimate of drug-likeness (QED) is 0.885. The number of pyridine rings is 1. The van der Waals surface area contributed by atoms with Gasteiger partial charge in [-0.2, -0.15) is 0 Å². The number of amides is 3. The number of nitrogens with zero attached hydrogens (tertiary/aromatic N) is 3. The summed E-state index contributed by atoms with van der Waals surface area (Å²) in [5.41, 5.74) is 0.756. The van der Waals surface area contributed by atoms with Crippen LogP contribution in [0.15, 0.2) is 18.3 Å². The first kappa shape index (κ1) is 16.5. The van der Waals surface area contributed by atoms with E-state index in [0.29, 0.717) is 13.1 Å². The van der Waals surface area contributed by atoms with Gasteiger partial charge in [-0.1, -0.05) is 0 Å². The van der Waals surface area contributed by atoms with Crippen molar-refractivity contribution in [3.8, 4) is 0 Å². The highest BCUT2D eigenvalue weighted by atomic mass is 16.2. The van der Waals surface area contributed by atoms with E-state index in [1.165, 1.54) is 6.92 Å². The lowest BCUT2D eigenvalue weighted by molar-refractivity contribution is -0.119. The molecule has 24 heavy (non-hydrogen) atoms. The smallest absolute Gasteiger partial charge is 0.322 e. The first-order valence-corrected chi connectivity index (χ1v) is 8.66. The molecule has 1 aromatic rings. The molecule has 2 saturated heterocycles. The van der Waals surface area contributed by atoms with Gasteiger partial charge >= 0.3 is 6.03 Å². The molecule has 0 bridgehead atoms. The van der Waals surface area contributed by atoms with E-state index in [-0.39, 0.29) is 18.0 Å². The van der Waals surface area contributed by atoms with Gasteiger partial charge in [0.05, 0.1) is 5.69 Å². The summed E-state index contributed by atoms with van der Waals surface area (Å²) in [7, 11) is 0. The third kappa shape index (κ3) is 3.96. The number of rotatable bonds is 3. The van der Waals surface area contributed by atoms with Crippen LogP contribution in [0.2, 0.25) is 0 Å². The maximum absolute atomic E-state index is 12.6. The number of nitrogens with one attached hydrogen (secondary N) is 2. The molecule has 3 amide bonds. The largest absolute Gasteiger partial charge is 0.355 e. The lowest BCUT2D eigenvalue weighted by atomic mass is 10.1. The molecule has 3 heterocycles. The van der Waals surface area contributed by atoms with E-state index in [1.807, 2.05) is 12.1 Å². The van der Waals surface area contributed by atoms with Crippen LogP contribution in [-0.4, -0.2) is 54.0 Å². The van der Waals surface area contributed by atoms with E-state index >= 15 is 0 Å². The zero-order valence-electron chi connectivity index (χ0n) is 14.1. The number of carbonyl (C=O) groups excluding carboxylic acids is 2. The van der Waals surface area contributed by atoms with E-state index in [4.69, 9.17) is 0 Å². The Balaban J connectivity index is 1.65. The second kappa shape index (κ2) is 7.51. The molecule has 7 heteroatoms. The van der Waals surface area contributed by atoms with Crippen molar-refractivity contribution in [1.82, 2.24) is 15.2 Å². The van der Waals surface area contributed by atoms with Crippen molar-refractivity contribution in [2.75, 3.05) is 36.4 Å². The summed E-state index contributed by atoms with van der Waals surface area (Å²) >= 11 is 0. The van der Waals surface area contributed by atoms with Gasteiger partial charge in [0.2, 0.25) is 5.91 Å². The highest BCUT2D eigenvalue weighted by Gasteiger charge is 2.25. The standard InChI is InChI=1S/C17H25N5O2/c1-13(23)19-14-6-5-11-22(12-14)17(24)20-15-7-4-8-18-16(15)21-9-2-3-10-21/h4,7-8,14H,2-3,5-6,9-12H2,1H3,(H,19,23)(H,20,24)/t14-/m1/s1. The van der Waals surface area contributed by atoms with Crippen LogP contribution in [0.25, 0.3) is 0 Å². The summed E-state index contributed by atoms with van der Waals surface area (Å²) < 4.78 is 0. The number of hydrogen-bond donors (Lipinski definition) is 2. The zero-order chi connectivity index (χ0) is 16.9. The number of piperidine rings is 1. The molecule has 2 aliphatic heterocycles. The van der Waals surface area contributed by atoms with E-state index in [0.717, 1.165) is 50.3 Å². The lowest BCUT2D eigenvalue weighted by Crippen LogP contribution is -2.50.